The predicted octanol–water partition coefficient (Wildman–Crippen LogP) is 4.06. The number of benzene rings is 2. The minimum absolute atomic E-state index is 0.0750. The minimum Gasteiger partial charge on any atom is -0.379 e. The molecule has 1 heterocycles. The summed E-state index contributed by atoms with van der Waals surface area (Å²) in [6, 6.07) is 15.9. The average Bonchev–Trinajstić information content (AvgIpc) is 2.87. The molecule has 0 atom stereocenters. The van der Waals surface area contributed by atoms with Gasteiger partial charge in [-0.2, -0.15) is 0 Å². The van der Waals surface area contributed by atoms with Gasteiger partial charge in [-0.25, -0.2) is 0 Å². The van der Waals surface area contributed by atoms with Crippen LogP contribution >= 0.6 is 0 Å². The second-order valence-electron chi connectivity index (χ2n) is 8.26. The number of fused-ring (bicyclic) bond motifs is 2. The lowest BCUT2D eigenvalue weighted by Gasteiger charge is -2.27. The van der Waals surface area contributed by atoms with Crippen LogP contribution in [0.4, 0.5) is 5.69 Å². The Kier molecular flexibility index (Phi) is 11.5. The molecule has 0 saturated heterocycles. The summed E-state index contributed by atoms with van der Waals surface area (Å²) in [6.45, 7) is 6.19. The molecule has 7 nitrogen and oxygen atoms in total. The van der Waals surface area contributed by atoms with E-state index in [0.717, 1.165) is 35.4 Å². The highest BCUT2D eigenvalue weighted by Crippen LogP contribution is 2.29. The number of para-hydroxylation sites is 1. The van der Waals surface area contributed by atoms with Crippen molar-refractivity contribution in [1.82, 2.24) is 5.32 Å². The molecule has 2 amide bonds. The van der Waals surface area contributed by atoms with Gasteiger partial charge >= 0.3 is 0 Å². The molecule has 35 heavy (non-hydrogen) atoms. The van der Waals surface area contributed by atoms with Gasteiger partial charge in [-0.3, -0.25) is 9.59 Å². The highest BCUT2D eigenvalue weighted by Gasteiger charge is 2.21. The zero-order valence-corrected chi connectivity index (χ0v) is 20.5. The van der Waals surface area contributed by atoms with Gasteiger partial charge in [0.05, 0.1) is 45.3 Å². The van der Waals surface area contributed by atoms with Crippen molar-refractivity contribution in [1.29, 1.82) is 0 Å². The van der Waals surface area contributed by atoms with Gasteiger partial charge < -0.3 is 24.4 Å². The van der Waals surface area contributed by atoms with Crippen molar-refractivity contribution in [3.63, 3.8) is 0 Å². The van der Waals surface area contributed by atoms with Crippen LogP contribution in [0.15, 0.2) is 48.5 Å². The molecule has 0 aromatic heterocycles. The first-order valence-electron chi connectivity index (χ1n) is 12.3. The van der Waals surface area contributed by atoms with E-state index in [4.69, 9.17) is 14.2 Å². The lowest BCUT2D eigenvalue weighted by Crippen LogP contribution is -2.33. The van der Waals surface area contributed by atoms with Gasteiger partial charge in [-0.05, 0) is 29.2 Å². The summed E-state index contributed by atoms with van der Waals surface area (Å²) >= 11 is 0. The van der Waals surface area contributed by atoms with Crippen LogP contribution < -0.4 is 10.2 Å². The predicted molar refractivity (Wildman–Crippen MR) is 138 cm³/mol. The van der Waals surface area contributed by atoms with Crippen molar-refractivity contribution < 1.29 is 23.8 Å². The largest absolute Gasteiger partial charge is 0.379 e. The van der Waals surface area contributed by atoms with Crippen molar-refractivity contribution >= 4 is 29.7 Å². The average molecular weight is 481 g/mol. The van der Waals surface area contributed by atoms with Crippen LogP contribution in [0.5, 0.6) is 0 Å². The molecule has 0 saturated carbocycles. The Morgan fingerprint density at radius 1 is 0.800 bits per heavy atom. The van der Waals surface area contributed by atoms with E-state index in [1.807, 2.05) is 54.6 Å². The van der Waals surface area contributed by atoms with Crippen LogP contribution in [0.25, 0.3) is 12.2 Å². The van der Waals surface area contributed by atoms with Crippen LogP contribution in [-0.2, 0) is 30.3 Å². The molecule has 1 N–H and O–H groups in total. The Morgan fingerprint density at radius 2 is 1.43 bits per heavy atom. The molecule has 3 rings (SSSR count). The SMILES string of the molecule is CCCOCCOCCOCCNC(=O)CCC(=O)N1Cc2ccccc2/C=C\c2ccccc21. The summed E-state index contributed by atoms with van der Waals surface area (Å²) in [5, 5.41) is 2.82. The normalized spacial score (nSPS) is 13.3. The van der Waals surface area contributed by atoms with Crippen molar-refractivity contribution in [2.75, 3.05) is 51.1 Å². The van der Waals surface area contributed by atoms with E-state index in [-0.39, 0.29) is 24.7 Å². The quantitative estimate of drug-likeness (QED) is 0.413. The Morgan fingerprint density at radius 3 is 2.20 bits per heavy atom. The molecule has 0 unspecified atom stereocenters. The molecule has 2 aromatic rings. The number of ether oxygens (including phenoxy) is 3. The number of anilines is 1. The van der Waals surface area contributed by atoms with E-state index in [9.17, 15) is 9.59 Å². The fourth-order valence-corrected chi connectivity index (χ4v) is 3.77. The second-order valence-corrected chi connectivity index (χ2v) is 8.26. The lowest BCUT2D eigenvalue weighted by molar-refractivity contribution is -0.125. The summed E-state index contributed by atoms with van der Waals surface area (Å²) in [7, 11) is 0. The van der Waals surface area contributed by atoms with E-state index in [1.165, 1.54) is 0 Å². The van der Waals surface area contributed by atoms with Crippen molar-refractivity contribution in [3.05, 3.63) is 65.2 Å². The maximum absolute atomic E-state index is 13.2. The third-order valence-electron chi connectivity index (χ3n) is 5.58. The Hall–Kier alpha value is -3.00. The fraction of sp³-hybridized carbons (Fsp3) is 0.429. The molecule has 2 aromatic carbocycles. The van der Waals surface area contributed by atoms with Crippen molar-refractivity contribution in [2.45, 2.75) is 32.7 Å². The number of amides is 2. The lowest BCUT2D eigenvalue weighted by atomic mass is 10.0. The van der Waals surface area contributed by atoms with E-state index < -0.39 is 0 Å². The Labute approximate surface area is 208 Å². The maximum Gasteiger partial charge on any atom is 0.227 e. The van der Waals surface area contributed by atoms with Gasteiger partial charge in [0.25, 0.3) is 0 Å². The van der Waals surface area contributed by atoms with Gasteiger partial charge in [0, 0.05) is 26.0 Å². The Balaban J connectivity index is 1.39. The first kappa shape index (κ1) is 26.6. The summed E-state index contributed by atoms with van der Waals surface area (Å²) in [4.78, 5) is 27.2. The van der Waals surface area contributed by atoms with Crippen LogP contribution in [-0.4, -0.2) is 58.0 Å². The molecule has 188 valence electrons. The number of nitrogens with one attached hydrogen (secondary N) is 1. The van der Waals surface area contributed by atoms with Crippen LogP contribution in [0.2, 0.25) is 0 Å². The smallest absolute Gasteiger partial charge is 0.227 e. The summed E-state index contributed by atoms with van der Waals surface area (Å²) in [5.74, 6) is -0.235. The van der Waals surface area contributed by atoms with E-state index >= 15 is 0 Å². The molecule has 0 bridgehead atoms. The molecule has 0 radical (unpaired) electrons. The standard InChI is InChI=1S/C28H36N2O5/c1-2-16-33-18-20-35-21-19-34-17-15-29-27(31)13-14-28(32)30-22-25-9-4-3-7-23(25)11-12-24-8-5-6-10-26(24)30/h3-12H,2,13-22H2,1H3,(H,29,31)/b12-11-. The first-order valence-corrected chi connectivity index (χ1v) is 12.3. The number of carbonyl (C=O) groups excluding carboxylic acids is 2. The Bertz CT molecular complexity index is 975. The van der Waals surface area contributed by atoms with Gasteiger partial charge in [0.2, 0.25) is 11.8 Å². The summed E-state index contributed by atoms with van der Waals surface area (Å²) in [5.41, 5.74) is 4.00. The zero-order valence-electron chi connectivity index (χ0n) is 20.5. The van der Waals surface area contributed by atoms with Crippen LogP contribution in [0.1, 0.15) is 42.9 Å². The summed E-state index contributed by atoms with van der Waals surface area (Å²) in [6.07, 6.45) is 5.39. The van der Waals surface area contributed by atoms with Crippen molar-refractivity contribution in [3.8, 4) is 0 Å². The second kappa shape index (κ2) is 15.1. The molecular weight excluding hydrogens is 444 g/mol. The van der Waals surface area contributed by atoms with Gasteiger partial charge in [0.15, 0.2) is 0 Å². The molecule has 0 fully saturated rings. The molecule has 1 aliphatic heterocycles. The maximum atomic E-state index is 13.2. The summed E-state index contributed by atoms with van der Waals surface area (Å²) < 4.78 is 16.2. The molecule has 0 aliphatic carbocycles. The number of nitrogens with zero attached hydrogens (tertiary/aromatic N) is 1. The highest BCUT2D eigenvalue weighted by molar-refractivity contribution is 5.98. The number of hydrogen-bond acceptors (Lipinski definition) is 5. The first-order chi connectivity index (χ1) is 17.2. The zero-order chi connectivity index (χ0) is 24.7. The fourth-order valence-electron chi connectivity index (χ4n) is 3.77. The number of rotatable bonds is 14. The molecular formula is C28H36N2O5. The van der Waals surface area contributed by atoms with Gasteiger partial charge in [-0.1, -0.05) is 61.5 Å². The van der Waals surface area contributed by atoms with E-state index in [0.29, 0.717) is 46.1 Å². The van der Waals surface area contributed by atoms with Gasteiger partial charge in [-0.15, -0.1) is 0 Å². The van der Waals surface area contributed by atoms with E-state index in [2.05, 4.69) is 18.3 Å². The highest BCUT2D eigenvalue weighted by atomic mass is 16.5. The number of hydrogen-bond donors (Lipinski definition) is 1. The van der Waals surface area contributed by atoms with E-state index in [1.54, 1.807) is 4.90 Å². The van der Waals surface area contributed by atoms with Crippen LogP contribution in [0.3, 0.4) is 0 Å². The molecule has 0 spiro atoms. The molecule has 1 aliphatic rings. The van der Waals surface area contributed by atoms with Gasteiger partial charge in [0.1, 0.15) is 0 Å². The van der Waals surface area contributed by atoms with Crippen molar-refractivity contribution in [2.24, 2.45) is 0 Å². The third kappa shape index (κ3) is 8.94. The topological polar surface area (TPSA) is 77.1 Å². The minimum atomic E-state index is -0.160. The van der Waals surface area contributed by atoms with Crippen LogP contribution in [0, 0.1) is 0 Å². The number of carbonyl (C=O) groups is 2. The third-order valence-corrected chi connectivity index (χ3v) is 5.58. The monoisotopic (exact) mass is 480 g/mol. The molecule has 7 heteroatoms.